The van der Waals surface area contributed by atoms with Gasteiger partial charge in [0.1, 0.15) is 0 Å². The van der Waals surface area contributed by atoms with Crippen LogP contribution in [0.15, 0.2) is 24.3 Å². The summed E-state index contributed by atoms with van der Waals surface area (Å²) in [4.78, 5) is 2.37. The maximum atomic E-state index is 6.10. The van der Waals surface area contributed by atoms with E-state index < -0.39 is 0 Å². The first-order valence-corrected chi connectivity index (χ1v) is 5.83. The molecule has 0 unspecified atom stereocenters. The van der Waals surface area contributed by atoms with E-state index in [1.807, 2.05) is 24.3 Å². The summed E-state index contributed by atoms with van der Waals surface area (Å²) in [5, 5.41) is 4.33. The van der Waals surface area contributed by atoms with Crippen LogP contribution in [0.4, 0.5) is 5.69 Å². The van der Waals surface area contributed by atoms with Crippen molar-refractivity contribution in [3.05, 3.63) is 29.3 Å². The van der Waals surface area contributed by atoms with Gasteiger partial charge in [-0.1, -0.05) is 23.7 Å². The van der Waals surface area contributed by atoms with Crippen LogP contribution in [-0.2, 0) is 0 Å². The Morgan fingerprint density at radius 3 is 2.60 bits per heavy atom. The molecule has 0 atom stereocenters. The van der Waals surface area contributed by atoms with Crippen molar-refractivity contribution in [3.8, 4) is 0 Å². The first kappa shape index (κ1) is 10.8. The van der Waals surface area contributed by atoms with Gasteiger partial charge in [0, 0.05) is 6.04 Å². The van der Waals surface area contributed by atoms with Crippen molar-refractivity contribution >= 4 is 17.3 Å². The number of halogens is 1. The third-order valence-electron chi connectivity index (χ3n) is 2.95. The van der Waals surface area contributed by atoms with E-state index in [4.69, 9.17) is 11.6 Å². The van der Waals surface area contributed by atoms with Crippen LogP contribution in [0.3, 0.4) is 0 Å². The predicted octanol–water partition coefficient (Wildman–Crippen LogP) is 2.85. The van der Waals surface area contributed by atoms with Crippen LogP contribution >= 0.6 is 11.6 Å². The Balaban J connectivity index is 1.95. The lowest BCUT2D eigenvalue weighted by molar-refractivity contribution is 0.264. The lowest BCUT2D eigenvalue weighted by Crippen LogP contribution is -2.36. The second-order valence-corrected chi connectivity index (χ2v) is 4.61. The van der Waals surface area contributed by atoms with Gasteiger partial charge in [-0.25, -0.2) is 0 Å². The molecule has 0 aliphatic carbocycles. The lowest BCUT2D eigenvalue weighted by atomic mass is 10.1. The number of rotatable bonds is 2. The summed E-state index contributed by atoms with van der Waals surface area (Å²) in [7, 11) is 2.17. The van der Waals surface area contributed by atoms with Crippen molar-refractivity contribution in [3.63, 3.8) is 0 Å². The first-order valence-electron chi connectivity index (χ1n) is 5.45. The highest BCUT2D eigenvalue weighted by Gasteiger charge is 2.16. The molecule has 82 valence electrons. The number of hydrogen-bond donors (Lipinski definition) is 1. The van der Waals surface area contributed by atoms with Gasteiger partial charge in [-0.3, -0.25) is 0 Å². The second kappa shape index (κ2) is 4.86. The average molecular weight is 225 g/mol. The van der Waals surface area contributed by atoms with Gasteiger partial charge in [0.05, 0.1) is 10.7 Å². The van der Waals surface area contributed by atoms with Crippen molar-refractivity contribution in [1.29, 1.82) is 0 Å². The van der Waals surface area contributed by atoms with Crippen molar-refractivity contribution < 1.29 is 0 Å². The zero-order valence-corrected chi connectivity index (χ0v) is 9.80. The van der Waals surface area contributed by atoms with Gasteiger partial charge in [0.25, 0.3) is 0 Å². The molecule has 0 radical (unpaired) electrons. The number of piperidine rings is 1. The summed E-state index contributed by atoms with van der Waals surface area (Å²) in [6.45, 7) is 2.34. The molecular weight excluding hydrogens is 208 g/mol. The summed E-state index contributed by atoms with van der Waals surface area (Å²) in [6.07, 6.45) is 2.39. The molecule has 1 fully saturated rings. The van der Waals surface area contributed by atoms with Crippen molar-refractivity contribution in [2.24, 2.45) is 0 Å². The molecule has 0 bridgehead atoms. The summed E-state index contributed by atoms with van der Waals surface area (Å²) in [5.41, 5.74) is 1.06. The smallest absolute Gasteiger partial charge is 0.0637 e. The molecule has 15 heavy (non-hydrogen) atoms. The van der Waals surface area contributed by atoms with Gasteiger partial charge in [0.2, 0.25) is 0 Å². The quantitative estimate of drug-likeness (QED) is 0.831. The van der Waals surface area contributed by atoms with Crippen molar-refractivity contribution in [1.82, 2.24) is 4.90 Å². The van der Waals surface area contributed by atoms with Gasteiger partial charge in [-0.05, 0) is 45.1 Å². The predicted molar refractivity (Wildman–Crippen MR) is 65.6 cm³/mol. The largest absolute Gasteiger partial charge is 0.381 e. The fourth-order valence-corrected chi connectivity index (χ4v) is 2.14. The molecule has 3 heteroatoms. The zero-order chi connectivity index (χ0) is 10.7. The van der Waals surface area contributed by atoms with E-state index in [-0.39, 0.29) is 0 Å². The van der Waals surface area contributed by atoms with Crippen LogP contribution in [0, 0.1) is 0 Å². The topological polar surface area (TPSA) is 15.3 Å². The van der Waals surface area contributed by atoms with Crippen molar-refractivity contribution in [2.75, 3.05) is 25.5 Å². The number of nitrogens with zero attached hydrogens (tertiary/aromatic N) is 1. The molecule has 1 aliphatic rings. The highest BCUT2D eigenvalue weighted by Crippen LogP contribution is 2.23. The van der Waals surface area contributed by atoms with E-state index in [2.05, 4.69) is 17.3 Å². The molecule has 1 N–H and O–H groups in total. The fourth-order valence-electron chi connectivity index (χ4n) is 1.95. The van der Waals surface area contributed by atoms with E-state index in [1.165, 1.54) is 25.9 Å². The molecule has 1 aromatic carbocycles. The minimum atomic E-state index is 0.570. The van der Waals surface area contributed by atoms with Crippen LogP contribution in [0.2, 0.25) is 5.02 Å². The molecule has 1 saturated heterocycles. The van der Waals surface area contributed by atoms with Crippen LogP contribution in [0.25, 0.3) is 0 Å². The molecule has 0 saturated carbocycles. The number of benzene rings is 1. The van der Waals surface area contributed by atoms with E-state index in [9.17, 15) is 0 Å². The van der Waals surface area contributed by atoms with Crippen molar-refractivity contribution in [2.45, 2.75) is 18.9 Å². The SMILES string of the molecule is CN1CCC(Nc2ccccc2Cl)CC1. The van der Waals surface area contributed by atoms with Crippen LogP contribution in [0.5, 0.6) is 0 Å². The van der Waals surface area contributed by atoms with E-state index in [1.54, 1.807) is 0 Å². The third-order valence-corrected chi connectivity index (χ3v) is 3.28. The molecule has 2 rings (SSSR count). The van der Waals surface area contributed by atoms with E-state index in [0.717, 1.165) is 10.7 Å². The van der Waals surface area contributed by atoms with Gasteiger partial charge >= 0.3 is 0 Å². The third kappa shape index (κ3) is 2.86. The van der Waals surface area contributed by atoms with Gasteiger partial charge in [-0.2, -0.15) is 0 Å². The molecule has 0 amide bonds. The standard InChI is InChI=1S/C12H17ClN2/c1-15-8-6-10(7-9-15)14-12-5-3-2-4-11(12)13/h2-5,10,14H,6-9H2,1H3. The molecular formula is C12H17ClN2. The Labute approximate surface area is 96.2 Å². The maximum absolute atomic E-state index is 6.10. The Morgan fingerprint density at radius 2 is 1.93 bits per heavy atom. The first-order chi connectivity index (χ1) is 7.25. The summed E-state index contributed by atoms with van der Waals surface area (Å²) < 4.78 is 0. The van der Waals surface area contributed by atoms with Gasteiger partial charge in [-0.15, -0.1) is 0 Å². The van der Waals surface area contributed by atoms with E-state index >= 15 is 0 Å². The highest BCUT2D eigenvalue weighted by molar-refractivity contribution is 6.33. The summed E-state index contributed by atoms with van der Waals surface area (Å²) in [5.74, 6) is 0. The Hall–Kier alpha value is -0.730. The van der Waals surface area contributed by atoms with Gasteiger partial charge < -0.3 is 10.2 Å². The minimum Gasteiger partial charge on any atom is -0.381 e. The molecule has 1 aromatic rings. The van der Waals surface area contributed by atoms with Crippen LogP contribution in [-0.4, -0.2) is 31.1 Å². The fraction of sp³-hybridized carbons (Fsp3) is 0.500. The number of likely N-dealkylation sites (tertiary alicyclic amines) is 1. The van der Waals surface area contributed by atoms with Crippen LogP contribution < -0.4 is 5.32 Å². The highest BCUT2D eigenvalue weighted by atomic mass is 35.5. The molecule has 0 spiro atoms. The summed E-state index contributed by atoms with van der Waals surface area (Å²) >= 11 is 6.10. The number of nitrogens with one attached hydrogen (secondary N) is 1. The average Bonchev–Trinajstić information content (AvgIpc) is 2.25. The Bertz CT molecular complexity index is 319. The monoisotopic (exact) mass is 224 g/mol. The van der Waals surface area contributed by atoms with Crippen LogP contribution in [0.1, 0.15) is 12.8 Å². The zero-order valence-electron chi connectivity index (χ0n) is 9.04. The molecule has 0 aromatic heterocycles. The molecule has 1 aliphatic heterocycles. The number of anilines is 1. The second-order valence-electron chi connectivity index (χ2n) is 4.20. The Morgan fingerprint density at radius 1 is 1.27 bits per heavy atom. The van der Waals surface area contributed by atoms with E-state index in [0.29, 0.717) is 6.04 Å². The Kier molecular flexibility index (Phi) is 3.49. The molecule has 1 heterocycles. The number of para-hydroxylation sites is 1. The lowest BCUT2D eigenvalue weighted by Gasteiger charge is -2.30. The van der Waals surface area contributed by atoms with Gasteiger partial charge in [0.15, 0.2) is 0 Å². The normalized spacial score (nSPS) is 19.1. The number of hydrogen-bond acceptors (Lipinski definition) is 2. The maximum Gasteiger partial charge on any atom is 0.0637 e. The summed E-state index contributed by atoms with van der Waals surface area (Å²) in [6, 6.07) is 8.52. The minimum absolute atomic E-state index is 0.570. The molecule has 2 nitrogen and oxygen atoms in total.